The third-order valence-electron chi connectivity index (χ3n) is 5.06. The van der Waals surface area contributed by atoms with Gasteiger partial charge in [-0.2, -0.15) is 0 Å². The molecule has 2 aromatic rings. The number of carboxylic acids is 1. The number of rotatable bonds is 12. The zero-order chi connectivity index (χ0) is 25.8. The molecule has 0 spiro atoms. The molecule has 0 bridgehead atoms. The summed E-state index contributed by atoms with van der Waals surface area (Å²) < 4.78 is 0. The summed E-state index contributed by atoms with van der Waals surface area (Å²) in [4.78, 5) is 49.4. The highest BCUT2D eigenvalue weighted by Crippen LogP contribution is 2.07. The van der Waals surface area contributed by atoms with Crippen molar-refractivity contribution in [1.82, 2.24) is 21.3 Å². The number of carboxylic acid groups (broad SMARTS) is 1. The van der Waals surface area contributed by atoms with E-state index in [0.717, 1.165) is 11.1 Å². The second-order valence-electron chi connectivity index (χ2n) is 9.28. The van der Waals surface area contributed by atoms with Crippen molar-refractivity contribution in [1.29, 1.82) is 0 Å². The van der Waals surface area contributed by atoms with Crippen molar-refractivity contribution in [3.63, 3.8) is 0 Å². The summed E-state index contributed by atoms with van der Waals surface area (Å²) in [6.45, 7) is 5.49. The van der Waals surface area contributed by atoms with Gasteiger partial charge in [0.2, 0.25) is 17.7 Å². The summed E-state index contributed by atoms with van der Waals surface area (Å²) in [5.41, 5.74) is 1.30. The minimum absolute atomic E-state index is 0.0461. The van der Waals surface area contributed by atoms with E-state index in [1.54, 1.807) is 24.3 Å². The van der Waals surface area contributed by atoms with Crippen LogP contribution in [0.25, 0.3) is 0 Å². The van der Waals surface area contributed by atoms with Gasteiger partial charge in [-0.25, -0.2) is 4.79 Å². The molecule has 0 aliphatic rings. The SMILES string of the molecule is CC(C)(C)NCC(=O)NCC(=O)N[C@H](Cc1ccccc1)C(=O)N[C@H](Cc1ccccc1)C(=O)O. The molecule has 0 saturated carbocycles. The maximum Gasteiger partial charge on any atom is 0.326 e. The lowest BCUT2D eigenvalue weighted by Crippen LogP contribution is -2.54. The summed E-state index contributed by atoms with van der Waals surface area (Å²) in [6.07, 6.45) is 0.264. The van der Waals surface area contributed by atoms with Crippen molar-refractivity contribution in [3.8, 4) is 0 Å². The molecule has 188 valence electrons. The van der Waals surface area contributed by atoms with Crippen molar-refractivity contribution in [2.75, 3.05) is 13.1 Å². The summed E-state index contributed by atoms with van der Waals surface area (Å²) in [7, 11) is 0. The number of carbonyl (C=O) groups excluding carboxylic acids is 3. The Kier molecular flexibility index (Phi) is 10.4. The lowest BCUT2D eigenvalue weighted by Gasteiger charge is -2.22. The zero-order valence-corrected chi connectivity index (χ0v) is 20.3. The Morgan fingerprint density at radius 2 is 1.26 bits per heavy atom. The van der Waals surface area contributed by atoms with Crippen LogP contribution in [-0.2, 0) is 32.0 Å². The van der Waals surface area contributed by atoms with E-state index in [1.807, 2.05) is 57.2 Å². The summed E-state index contributed by atoms with van der Waals surface area (Å²) >= 11 is 0. The average molecular weight is 483 g/mol. The van der Waals surface area contributed by atoms with Gasteiger partial charge in [-0.15, -0.1) is 0 Å². The van der Waals surface area contributed by atoms with Crippen LogP contribution in [-0.4, -0.2) is 59.5 Å². The van der Waals surface area contributed by atoms with E-state index in [4.69, 9.17) is 0 Å². The lowest BCUT2D eigenvalue weighted by atomic mass is 10.0. The molecule has 2 rings (SSSR count). The van der Waals surface area contributed by atoms with Crippen molar-refractivity contribution in [3.05, 3.63) is 71.8 Å². The maximum atomic E-state index is 13.1. The predicted octanol–water partition coefficient (Wildman–Crippen LogP) is 1.03. The molecule has 0 heterocycles. The van der Waals surface area contributed by atoms with E-state index < -0.39 is 29.9 Å². The first-order valence-corrected chi connectivity index (χ1v) is 11.5. The fourth-order valence-electron chi connectivity index (χ4n) is 3.21. The number of hydrogen-bond acceptors (Lipinski definition) is 5. The van der Waals surface area contributed by atoms with Gasteiger partial charge < -0.3 is 26.4 Å². The molecule has 2 aromatic carbocycles. The number of benzene rings is 2. The van der Waals surface area contributed by atoms with E-state index in [0.29, 0.717) is 0 Å². The van der Waals surface area contributed by atoms with E-state index in [2.05, 4.69) is 21.3 Å². The van der Waals surface area contributed by atoms with Crippen LogP contribution in [0.1, 0.15) is 31.9 Å². The van der Waals surface area contributed by atoms with Crippen LogP contribution < -0.4 is 21.3 Å². The fraction of sp³-hybridized carbons (Fsp3) is 0.385. The topological polar surface area (TPSA) is 137 Å². The molecule has 0 aromatic heterocycles. The monoisotopic (exact) mass is 482 g/mol. The molecule has 9 nitrogen and oxygen atoms in total. The highest BCUT2D eigenvalue weighted by atomic mass is 16.4. The Balaban J connectivity index is 2.04. The van der Waals surface area contributed by atoms with Crippen molar-refractivity contribution in [2.24, 2.45) is 0 Å². The molecule has 3 amide bonds. The van der Waals surface area contributed by atoms with Gasteiger partial charge in [-0.3, -0.25) is 14.4 Å². The summed E-state index contributed by atoms with van der Waals surface area (Å²) in [5.74, 6) is -2.70. The number of nitrogens with one attached hydrogen (secondary N) is 4. The number of amides is 3. The first-order valence-electron chi connectivity index (χ1n) is 11.5. The Labute approximate surface area is 205 Å². The minimum atomic E-state index is -1.18. The second-order valence-corrected chi connectivity index (χ2v) is 9.28. The highest BCUT2D eigenvalue weighted by Gasteiger charge is 2.27. The molecule has 5 N–H and O–H groups in total. The van der Waals surface area contributed by atoms with Crippen molar-refractivity contribution in [2.45, 2.75) is 51.2 Å². The standard InChI is InChI=1S/C26H34N4O5/c1-26(2,3)28-17-22(31)27-16-23(32)29-20(14-18-10-6-4-7-11-18)24(33)30-21(25(34)35)15-19-12-8-5-9-13-19/h4-13,20-21,28H,14-17H2,1-3H3,(H,27,31)(H,29,32)(H,30,33)(H,34,35)/t20-,21-/m1/s1. The molecule has 0 radical (unpaired) electrons. The van der Waals surface area contributed by atoms with E-state index in [9.17, 15) is 24.3 Å². The van der Waals surface area contributed by atoms with Crippen LogP contribution in [0.15, 0.2) is 60.7 Å². The number of hydrogen-bond donors (Lipinski definition) is 5. The first kappa shape index (κ1) is 27.5. The zero-order valence-electron chi connectivity index (χ0n) is 20.3. The third kappa shape index (κ3) is 10.8. The van der Waals surface area contributed by atoms with Gasteiger partial charge in [-0.05, 0) is 31.9 Å². The van der Waals surface area contributed by atoms with E-state index in [-0.39, 0.29) is 37.4 Å². The van der Waals surface area contributed by atoms with Crippen LogP contribution in [0.4, 0.5) is 0 Å². The maximum absolute atomic E-state index is 13.1. The molecule has 0 unspecified atom stereocenters. The number of aliphatic carboxylic acids is 1. The molecule has 0 aliphatic carbocycles. The average Bonchev–Trinajstić information content (AvgIpc) is 2.81. The van der Waals surface area contributed by atoms with Crippen LogP contribution in [0.3, 0.4) is 0 Å². The Morgan fingerprint density at radius 3 is 1.74 bits per heavy atom. The second kappa shape index (κ2) is 13.2. The van der Waals surface area contributed by atoms with Crippen LogP contribution in [0.2, 0.25) is 0 Å². The van der Waals surface area contributed by atoms with Gasteiger partial charge in [0.15, 0.2) is 0 Å². The van der Waals surface area contributed by atoms with E-state index >= 15 is 0 Å². The minimum Gasteiger partial charge on any atom is -0.480 e. The summed E-state index contributed by atoms with van der Waals surface area (Å²) in [5, 5.41) is 20.3. The smallest absolute Gasteiger partial charge is 0.326 e. The van der Waals surface area contributed by atoms with Gasteiger partial charge in [0.25, 0.3) is 0 Å². The van der Waals surface area contributed by atoms with Crippen LogP contribution in [0.5, 0.6) is 0 Å². The predicted molar refractivity (Wildman–Crippen MR) is 133 cm³/mol. The first-order chi connectivity index (χ1) is 16.5. The van der Waals surface area contributed by atoms with Crippen molar-refractivity contribution < 1.29 is 24.3 Å². The Hall–Kier alpha value is -3.72. The van der Waals surface area contributed by atoms with Crippen LogP contribution >= 0.6 is 0 Å². The molecule has 0 fully saturated rings. The molecule has 9 heteroatoms. The molecule has 2 atom stereocenters. The largest absolute Gasteiger partial charge is 0.480 e. The quantitative estimate of drug-likeness (QED) is 0.307. The van der Waals surface area contributed by atoms with Gasteiger partial charge in [0.1, 0.15) is 12.1 Å². The molecular weight excluding hydrogens is 448 g/mol. The summed E-state index contributed by atoms with van der Waals surface area (Å²) in [6, 6.07) is 15.9. The molecule has 0 aliphatic heterocycles. The van der Waals surface area contributed by atoms with Gasteiger partial charge in [-0.1, -0.05) is 60.7 Å². The van der Waals surface area contributed by atoms with Gasteiger partial charge >= 0.3 is 5.97 Å². The Bertz CT molecular complexity index is 990. The van der Waals surface area contributed by atoms with Gasteiger partial charge in [0.05, 0.1) is 13.1 Å². The third-order valence-corrected chi connectivity index (χ3v) is 5.06. The van der Waals surface area contributed by atoms with Crippen LogP contribution in [0, 0.1) is 0 Å². The molecular formula is C26H34N4O5. The van der Waals surface area contributed by atoms with E-state index in [1.165, 1.54) is 0 Å². The van der Waals surface area contributed by atoms with Crippen molar-refractivity contribution >= 4 is 23.7 Å². The molecule has 0 saturated heterocycles. The fourth-order valence-corrected chi connectivity index (χ4v) is 3.21. The molecule has 35 heavy (non-hydrogen) atoms. The normalized spacial score (nSPS) is 12.8. The van der Waals surface area contributed by atoms with Gasteiger partial charge in [0, 0.05) is 18.4 Å². The Morgan fingerprint density at radius 1 is 0.743 bits per heavy atom. The lowest BCUT2D eigenvalue weighted by molar-refractivity contribution is -0.142. The number of carbonyl (C=O) groups is 4. The highest BCUT2D eigenvalue weighted by molar-refractivity contribution is 5.92.